The fourth-order valence-electron chi connectivity index (χ4n) is 8.36. The van der Waals surface area contributed by atoms with E-state index in [1.807, 2.05) is 80.7 Å². The second-order valence-corrected chi connectivity index (χ2v) is 13.8. The third-order valence-corrected chi connectivity index (χ3v) is 10.4. The predicted octanol–water partition coefficient (Wildman–Crippen LogP) is 3.12. The van der Waals surface area contributed by atoms with Crippen LogP contribution in [0.15, 0.2) is 79.0 Å². The molecule has 5 heterocycles. The molecule has 0 aliphatic carbocycles. The number of carbonyl (C=O) groups is 4. The van der Waals surface area contributed by atoms with Gasteiger partial charge in [0, 0.05) is 35.6 Å². The minimum Gasteiger partial charge on any atom is -0.364 e. The van der Waals surface area contributed by atoms with E-state index in [2.05, 4.69) is 38.4 Å². The molecule has 0 bridgehead atoms. The Kier molecular flexibility index (Phi) is 6.86. The van der Waals surface area contributed by atoms with Gasteiger partial charge < -0.3 is 31.2 Å². The quantitative estimate of drug-likeness (QED) is 0.214. The lowest BCUT2D eigenvalue weighted by atomic mass is 9.71. The molecule has 1 aromatic heterocycles. The summed E-state index contributed by atoms with van der Waals surface area (Å²) in [5.41, 5.74) is 5.03. The molecule has 0 saturated carbocycles. The van der Waals surface area contributed by atoms with Crippen LogP contribution in [0.3, 0.4) is 0 Å². The summed E-state index contributed by atoms with van der Waals surface area (Å²) in [7, 11) is 0. The minimum atomic E-state index is -0.710. The fraction of sp³-hybridized carbons (Fsp3) is 0.351. The molecule has 4 aliphatic heterocycles. The van der Waals surface area contributed by atoms with E-state index in [0.717, 1.165) is 38.8 Å². The van der Waals surface area contributed by atoms with Gasteiger partial charge in [0.1, 0.15) is 30.3 Å². The second kappa shape index (κ2) is 11.0. The standard InChI is InChI=1S/C37H38N6O4/c1-20(2)15-27-32(44)40-28(33(45)39-27)17-22-19-38-31-23(22)11-8-13-25(31)37-18-30-34(46)41-29(16-21-9-4-3-5-10-21)35(47)43(30)36(37)42-26-14-7-6-12-24(26)37/h3-14,19-20,27-30,36,38,42H,15-18H2,1-2H3,(H,39,45)(H,40,44)(H,41,46)/t27-,28+,29-,30?,36-,37-/m1/s1. The number of nitrogens with one attached hydrogen (secondary N) is 5. The van der Waals surface area contributed by atoms with Crippen molar-refractivity contribution in [2.45, 2.75) is 75.3 Å². The van der Waals surface area contributed by atoms with E-state index in [-0.39, 0.29) is 29.5 Å². The Morgan fingerprint density at radius 3 is 2.26 bits per heavy atom. The molecule has 3 saturated heterocycles. The highest BCUT2D eigenvalue weighted by Gasteiger charge is 2.64. The van der Waals surface area contributed by atoms with E-state index in [1.165, 1.54) is 0 Å². The molecule has 4 aliphatic rings. The molecule has 1 unspecified atom stereocenters. The number of para-hydroxylation sites is 2. The van der Waals surface area contributed by atoms with Gasteiger partial charge in [-0.15, -0.1) is 0 Å². The van der Waals surface area contributed by atoms with Crippen LogP contribution < -0.4 is 21.3 Å². The first-order valence-corrected chi connectivity index (χ1v) is 16.5. The highest BCUT2D eigenvalue weighted by Crippen LogP contribution is 2.56. The summed E-state index contributed by atoms with van der Waals surface area (Å²) in [6, 6.07) is 21.4. The number of hydrogen-bond acceptors (Lipinski definition) is 5. The first-order valence-electron chi connectivity index (χ1n) is 16.5. The number of amides is 4. The summed E-state index contributed by atoms with van der Waals surface area (Å²) in [4.78, 5) is 59.2. The topological polar surface area (TPSA) is 135 Å². The molecule has 10 heteroatoms. The van der Waals surface area contributed by atoms with E-state index in [9.17, 15) is 19.2 Å². The van der Waals surface area contributed by atoms with Crippen LogP contribution in [0.4, 0.5) is 5.69 Å². The molecule has 8 rings (SSSR count). The monoisotopic (exact) mass is 630 g/mol. The van der Waals surface area contributed by atoms with Crippen LogP contribution in [0.1, 0.15) is 48.9 Å². The summed E-state index contributed by atoms with van der Waals surface area (Å²) in [6.45, 7) is 4.05. The zero-order valence-electron chi connectivity index (χ0n) is 26.4. The molecule has 5 N–H and O–H groups in total. The number of piperazine rings is 2. The normalized spacial score (nSPS) is 28.0. The Labute approximate surface area is 272 Å². The predicted molar refractivity (Wildman–Crippen MR) is 177 cm³/mol. The first-order chi connectivity index (χ1) is 22.7. The molecule has 4 amide bonds. The Hall–Kier alpha value is -5.12. The highest BCUT2D eigenvalue weighted by atomic mass is 16.2. The van der Waals surface area contributed by atoms with Crippen molar-refractivity contribution in [3.8, 4) is 0 Å². The highest BCUT2D eigenvalue weighted by molar-refractivity contribution is 6.00. The van der Waals surface area contributed by atoms with Crippen molar-refractivity contribution in [1.29, 1.82) is 0 Å². The second-order valence-electron chi connectivity index (χ2n) is 13.8. The van der Waals surface area contributed by atoms with Crippen molar-refractivity contribution in [2.24, 2.45) is 5.92 Å². The molecule has 47 heavy (non-hydrogen) atoms. The van der Waals surface area contributed by atoms with Crippen molar-refractivity contribution in [3.63, 3.8) is 0 Å². The zero-order valence-corrected chi connectivity index (χ0v) is 26.4. The van der Waals surface area contributed by atoms with Crippen LogP contribution in [0.5, 0.6) is 0 Å². The number of benzene rings is 3. The number of aromatic nitrogens is 1. The number of anilines is 1. The lowest BCUT2D eigenvalue weighted by Gasteiger charge is -2.38. The molecule has 10 nitrogen and oxygen atoms in total. The van der Waals surface area contributed by atoms with E-state index in [0.29, 0.717) is 25.7 Å². The van der Waals surface area contributed by atoms with Gasteiger partial charge in [0.15, 0.2) is 0 Å². The van der Waals surface area contributed by atoms with Crippen LogP contribution in [-0.2, 0) is 37.4 Å². The van der Waals surface area contributed by atoms with Crippen molar-refractivity contribution in [1.82, 2.24) is 25.8 Å². The molecule has 4 aromatic rings. The van der Waals surface area contributed by atoms with Gasteiger partial charge in [-0.2, -0.15) is 0 Å². The lowest BCUT2D eigenvalue weighted by molar-refractivity contribution is -0.148. The minimum absolute atomic E-state index is 0.0974. The smallest absolute Gasteiger partial charge is 0.247 e. The van der Waals surface area contributed by atoms with Gasteiger partial charge in [0.25, 0.3) is 0 Å². The molecule has 3 aromatic carbocycles. The number of hydrogen-bond donors (Lipinski definition) is 5. The Morgan fingerprint density at radius 1 is 0.745 bits per heavy atom. The van der Waals surface area contributed by atoms with Crippen molar-refractivity contribution < 1.29 is 19.2 Å². The maximum absolute atomic E-state index is 14.2. The summed E-state index contributed by atoms with van der Waals surface area (Å²) < 4.78 is 0. The number of nitrogens with zero attached hydrogens (tertiary/aromatic N) is 1. The van der Waals surface area contributed by atoms with Gasteiger partial charge in [-0.3, -0.25) is 19.2 Å². The van der Waals surface area contributed by atoms with Crippen LogP contribution in [0.2, 0.25) is 0 Å². The lowest BCUT2D eigenvalue weighted by Crippen LogP contribution is -2.64. The average Bonchev–Trinajstić information content (AvgIpc) is 3.72. The molecule has 0 spiro atoms. The van der Waals surface area contributed by atoms with Gasteiger partial charge in [0.05, 0.1) is 5.41 Å². The van der Waals surface area contributed by atoms with Crippen LogP contribution in [-0.4, -0.2) is 63.8 Å². The maximum atomic E-state index is 14.2. The number of H-pyrrole nitrogens is 1. The van der Waals surface area contributed by atoms with Crippen LogP contribution in [0, 0.1) is 5.92 Å². The number of rotatable bonds is 7. The summed E-state index contributed by atoms with van der Waals surface area (Å²) >= 11 is 0. The summed E-state index contributed by atoms with van der Waals surface area (Å²) in [5, 5.41) is 13.5. The third kappa shape index (κ3) is 4.60. The van der Waals surface area contributed by atoms with E-state index < -0.39 is 35.7 Å². The van der Waals surface area contributed by atoms with Gasteiger partial charge in [-0.25, -0.2) is 0 Å². The van der Waals surface area contributed by atoms with Gasteiger partial charge in [-0.1, -0.05) is 80.6 Å². The molecular formula is C37H38N6O4. The largest absolute Gasteiger partial charge is 0.364 e. The third-order valence-electron chi connectivity index (χ3n) is 10.4. The van der Waals surface area contributed by atoms with Gasteiger partial charge in [-0.05, 0) is 47.1 Å². The zero-order chi connectivity index (χ0) is 32.4. The molecule has 0 radical (unpaired) electrons. The molecule has 240 valence electrons. The summed E-state index contributed by atoms with van der Waals surface area (Å²) in [5.74, 6) is -0.307. The fourth-order valence-corrected chi connectivity index (χ4v) is 8.36. The van der Waals surface area contributed by atoms with Crippen molar-refractivity contribution >= 4 is 40.2 Å². The van der Waals surface area contributed by atoms with Crippen LogP contribution in [0.25, 0.3) is 10.9 Å². The van der Waals surface area contributed by atoms with Crippen molar-refractivity contribution in [3.05, 3.63) is 101 Å². The molecular weight excluding hydrogens is 592 g/mol. The van der Waals surface area contributed by atoms with Crippen molar-refractivity contribution in [2.75, 3.05) is 5.32 Å². The maximum Gasteiger partial charge on any atom is 0.247 e. The summed E-state index contributed by atoms with van der Waals surface area (Å²) in [6.07, 6.45) is 3.19. The van der Waals surface area contributed by atoms with E-state index in [4.69, 9.17) is 0 Å². The number of fused-ring (bicyclic) bond motifs is 6. The van der Waals surface area contributed by atoms with E-state index in [1.54, 1.807) is 4.90 Å². The Morgan fingerprint density at radius 2 is 1.45 bits per heavy atom. The van der Waals surface area contributed by atoms with Gasteiger partial charge >= 0.3 is 0 Å². The SMILES string of the molecule is CC(C)C[C@H]1NC(=O)[C@H](Cc2c[nH]c3c([C@]45CC6C(=O)N[C@H](Cc7ccccc7)C(=O)N6[C@H]4Nc4ccccc45)cccc23)NC1=O. The average molecular weight is 631 g/mol. The van der Waals surface area contributed by atoms with Crippen LogP contribution >= 0.6 is 0 Å². The Bertz CT molecular complexity index is 1920. The molecule has 6 atom stereocenters. The number of carbonyl (C=O) groups excluding carboxylic acids is 4. The number of aromatic amines is 1. The van der Waals surface area contributed by atoms with E-state index >= 15 is 0 Å². The Balaban J connectivity index is 1.16. The first kappa shape index (κ1) is 29.3. The van der Waals surface area contributed by atoms with Gasteiger partial charge in [0.2, 0.25) is 23.6 Å². The molecule has 3 fully saturated rings.